The Morgan fingerprint density at radius 1 is 0.955 bits per heavy atom. The number of nitrogens with zero attached hydrogens (tertiary/aromatic N) is 1. The number of Topliss-reactive ketones (excluding diaryl/α,β-unsaturated/α-hetero) is 1. The van der Waals surface area contributed by atoms with Gasteiger partial charge in [-0.15, -0.1) is 0 Å². The molecule has 0 radical (unpaired) electrons. The number of carbonyl (C=O) groups excluding carboxylic acids is 1. The molecule has 1 aliphatic rings. The van der Waals surface area contributed by atoms with Gasteiger partial charge in [-0.2, -0.15) is 0 Å². The van der Waals surface area contributed by atoms with Crippen LogP contribution >= 0.6 is 0 Å². The zero-order valence-electron chi connectivity index (χ0n) is 12.5. The molecule has 2 nitrogen and oxygen atoms in total. The lowest BCUT2D eigenvalue weighted by atomic mass is 10.0. The number of benzene rings is 2. The summed E-state index contributed by atoms with van der Waals surface area (Å²) in [6, 6.07) is 17.8. The molecule has 1 aliphatic heterocycles. The van der Waals surface area contributed by atoms with Gasteiger partial charge < -0.3 is 4.90 Å². The second kappa shape index (κ2) is 5.86. The molecule has 22 heavy (non-hydrogen) atoms. The summed E-state index contributed by atoms with van der Waals surface area (Å²) in [5.41, 5.74) is 4.90. The summed E-state index contributed by atoms with van der Waals surface area (Å²) in [6.45, 7) is 5.66. The summed E-state index contributed by atoms with van der Waals surface area (Å²) < 4.78 is 0. The molecule has 2 aromatic rings. The Morgan fingerprint density at radius 2 is 1.64 bits per heavy atom. The molecular formula is C20H17NO. The number of carbonyl (C=O) groups is 1. The van der Waals surface area contributed by atoms with Crippen LogP contribution in [0.15, 0.2) is 85.2 Å². The van der Waals surface area contributed by atoms with E-state index in [-0.39, 0.29) is 5.78 Å². The van der Waals surface area contributed by atoms with Crippen molar-refractivity contribution < 1.29 is 4.79 Å². The summed E-state index contributed by atoms with van der Waals surface area (Å²) >= 11 is 0. The minimum atomic E-state index is 0.0735. The first kappa shape index (κ1) is 14.1. The van der Waals surface area contributed by atoms with Crippen LogP contribution in [0, 0.1) is 0 Å². The van der Waals surface area contributed by atoms with E-state index >= 15 is 0 Å². The minimum absolute atomic E-state index is 0.0735. The van der Waals surface area contributed by atoms with Crippen LogP contribution in [0.2, 0.25) is 0 Å². The number of allylic oxidation sites excluding steroid dienone is 3. The van der Waals surface area contributed by atoms with Gasteiger partial charge in [0.05, 0.1) is 0 Å². The molecule has 0 N–H and O–H groups in total. The Hall–Kier alpha value is -2.87. The lowest BCUT2D eigenvalue weighted by Crippen LogP contribution is -2.16. The van der Waals surface area contributed by atoms with Gasteiger partial charge in [-0.05, 0) is 48.4 Å². The van der Waals surface area contributed by atoms with Crippen LogP contribution in [-0.2, 0) is 0 Å². The van der Waals surface area contributed by atoms with E-state index in [4.69, 9.17) is 0 Å². The van der Waals surface area contributed by atoms with E-state index in [1.165, 1.54) is 0 Å². The van der Waals surface area contributed by atoms with Crippen LogP contribution in [0.25, 0.3) is 5.57 Å². The van der Waals surface area contributed by atoms with Gasteiger partial charge in [0.25, 0.3) is 0 Å². The molecule has 0 aromatic heterocycles. The third-order valence-electron chi connectivity index (χ3n) is 3.69. The number of ketones is 1. The van der Waals surface area contributed by atoms with E-state index in [2.05, 4.69) is 31.0 Å². The smallest absolute Gasteiger partial charge is 0.159 e. The molecule has 3 rings (SSSR count). The normalized spacial score (nSPS) is 14.0. The molecular weight excluding hydrogens is 270 g/mol. The van der Waals surface area contributed by atoms with Crippen molar-refractivity contribution in [1.29, 1.82) is 0 Å². The van der Waals surface area contributed by atoms with Gasteiger partial charge in [0.1, 0.15) is 0 Å². The fraction of sp³-hybridized carbons (Fsp3) is 0.0500. The summed E-state index contributed by atoms with van der Waals surface area (Å²) in [4.78, 5) is 13.4. The summed E-state index contributed by atoms with van der Waals surface area (Å²) in [7, 11) is 0. The molecule has 108 valence electrons. The molecule has 0 saturated heterocycles. The highest BCUT2D eigenvalue weighted by atomic mass is 16.1. The first-order valence-corrected chi connectivity index (χ1v) is 7.19. The number of hydrogen-bond acceptors (Lipinski definition) is 2. The second-order valence-electron chi connectivity index (χ2n) is 5.25. The first-order valence-electron chi connectivity index (χ1n) is 7.19. The molecule has 0 amide bonds. The highest BCUT2D eigenvalue weighted by molar-refractivity contribution is 5.94. The predicted molar refractivity (Wildman–Crippen MR) is 91.6 cm³/mol. The maximum Gasteiger partial charge on any atom is 0.159 e. The van der Waals surface area contributed by atoms with Crippen LogP contribution < -0.4 is 4.90 Å². The van der Waals surface area contributed by atoms with Crippen molar-refractivity contribution in [2.45, 2.75) is 6.92 Å². The molecule has 1 heterocycles. The fourth-order valence-corrected chi connectivity index (χ4v) is 2.43. The third-order valence-corrected chi connectivity index (χ3v) is 3.69. The molecule has 0 aliphatic carbocycles. The van der Waals surface area contributed by atoms with Crippen molar-refractivity contribution in [2.75, 3.05) is 4.90 Å². The van der Waals surface area contributed by atoms with Gasteiger partial charge >= 0.3 is 0 Å². The molecule has 0 atom stereocenters. The Morgan fingerprint density at radius 3 is 2.27 bits per heavy atom. The average molecular weight is 287 g/mol. The number of anilines is 1. The van der Waals surface area contributed by atoms with Crippen molar-refractivity contribution in [3.8, 4) is 0 Å². The van der Waals surface area contributed by atoms with Gasteiger partial charge in [0, 0.05) is 23.1 Å². The number of hydrogen-bond donors (Lipinski definition) is 0. The molecule has 0 saturated carbocycles. The molecule has 0 fully saturated rings. The Bertz CT molecular complexity index is 767. The van der Waals surface area contributed by atoms with Gasteiger partial charge in [0.15, 0.2) is 5.78 Å². The highest BCUT2D eigenvalue weighted by Gasteiger charge is 2.12. The average Bonchev–Trinajstić information content (AvgIpc) is 2.56. The lowest BCUT2D eigenvalue weighted by Gasteiger charge is -2.25. The van der Waals surface area contributed by atoms with Crippen LogP contribution in [-0.4, -0.2) is 5.78 Å². The minimum Gasteiger partial charge on any atom is -0.317 e. The van der Waals surface area contributed by atoms with Crippen LogP contribution in [0.5, 0.6) is 0 Å². The maximum absolute atomic E-state index is 11.4. The van der Waals surface area contributed by atoms with E-state index in [1.807, 2.05) is 53.4 Å². The summed E-state index contributed by atoms with van der Waals surface area (Å²) in [6.07, 6.45) is 6.14. The summed E-state index contributed by atoms with van der Waals surface area (Å²) in [5.74, 6) is 0.0735. The molecule has 2 heteroatoms. The zero-order valence-corrected chi connectivity index (χ0v) is 12.5. The SMILES string of the molecule is C=C1C=CC(c2ccccc2)=CN1c1ccc(C(C)=O)cc1. The first-order chi connectivity index (χ1) is 10.6. The highest BCUT2D eigenvalue weighted by Crippen LogP contribution is 2.28. The van der Waals surface area contributed by atoms with E-state index in [0.29, 0.717) is 5.56 Å². The van der Waals surface area contributed by atoms with E-state index in [9.17, 15) is 4.79 Å². The van der Waals surface area contributed by atoms with Gasteiger partial charge in [-0.3, -0.25) is 4.79 Å². The van der Waals surface area contributed by atoms with E-state index < -0.39 is 0 Å². The van der Waals surface area contributed by atoms with E-state index in [1.54, 1.807) is 6.92 Å². The zero-order chi connectivity index (χ0) is 15.5. The number of rotatable bonds is 3. The fourth-order valence-electron chi connectivity index (χ4n) is 2.43. The molecule has 0 bridgehead atoms. The van der Waals surface area contributed by atoms with Crippen molar-refractivity contribution in [1.82, 2.24) is 0 Å². The van der Waals surface area contributed by atoms with Gasteiger partial charge in [-0.1, -0.05) is 43.0 Å². The Kier molecular flexibility index (Phi) is 3.75. The lowest BCUT2D eigenvalue weighted by molar-refractivity contribution is 0.101. The second-order valence-corrected chi connectivity index (χ2v) is 5.25. The van der Waals surface area contributed by atoms with Crippen LogP contribution in [0.3, 0.4) is 0 Å². The largest absolute Gasteiger partial charge is 0.317 e. The van der Waals surface area contributed by atoms with Crippen LogP contribution in [0.1, 0.15) is 22.8 Å². The third kappa shape index (κ3) is 2.77. The molecule has 0 unspecified atom stereocenters. The quantitative estimate of drug-likeness (QED) is 0.754. The topological polar surface area (TPSA) is 20.3 Å². The van der Waals surface area contributed by atoms with Crippen LogP contribution in [0.4, 0.5) is 5.69 Å². The monoisotopic (exact) mass is 287 g/mol. The molecule has 2 aromatic carbocycles. The van der Waals surface area contributed by atoms with Gasteiger partial charge in [0.2, 0.25) is 0 Å². The van der Waals surface area contributed by atoms with Crippen molar-refractivity contribution >= 4 is 17.0 Å². The Labute approximate surface area is 130 Å². The van der Waals surface area contributed by atoms with Crippen molar-refractivity contribution in [3.63, 3.8) is 0 Å². The maximum atomic E-state index is 11.4. The molecule has 0 spiro atoms. The van der Waals surface area contributed by atoms with Crippen molar-refractivity contribution in [2.24, 2.45) is 0 Å². The standard InChI is InChI=1S/C20H17NO/c1-15-8-9-19(18-6-4-3-5-7-18)14-21(15)20-12-10-17(11-13-20)16(2)22/h3-14H,1H2,2H3. The predicted octanol–water partition coefficient (Wildman–Crippen LogP) is 4.82. The van der Waals surface area contributed by atoms with Crippen molar-refractivity contribution in [3.05, 3.63) is 96.4 Å². The van der Waals surface area contributed by atoms with E-state index in [0.717, 1.165) is 22.5 Å². The summed E-state index contributed by atoms with van der Waals surface area (Å²) in [5, 5.41) is 0. The Balaban J connectivity index is 1.95. The van der Waals surface area contributed by atoms with Gasteiger partial charge in [-0.25, -0.2) is 0 Å².